The average molecular weight is 231 g/mol. The molecule has 0 spiro atoms. The van der Waals surface area contributed by atoms with Gasteiger partial charge in [-0.2, -0.15) is 0 Å². The first-order valence-corrected chi connectivity index (χ1v) is 7.09. The van der Waals surface area contributed by atoms with E-state index in [1.54, 1.807) is 0 Å². The Kier molecular flexibility index (Phi) is 4.61. The number of hydrogen-bond acceptors (Lipinski definition) is 1. The molecule has 1 aliphatic rings. The number of rotatable bonds is 6. The first kappa shape index (κ1) is 12.6. The number of benzene rings is 1. The zero-order valence-electron chi connectivity index (χ0n) is 11.2. The van der Waals surface area contributed by atoms with Crippen LogP contribution in [0.2, 0.25) is 0 Å². The summed E-state index contributed by atoms with van der Waals surface area (Å²) in [5.74, 6) is 1.60. The highest BCUT2D eigenvalue weighted by molar-refractivity contribution is 5.20. The highest BCUT2D eigenvalue weighted by Gasteiger charge is 2.25. The standard InChI is InChI=1S/C16H25N/c1-3-17-16(12-14-8-7-9-14)13(2)15-10-5-4-6-11-15/h4-6,10-11,13-14,16-17H,3,7-9,12H2,1-2H3. The van der Waals surface area contributed by atoms with Gasteiger partial charge in [0.2, 0.25) is 0 Å². The second-order valence-corrected chi connectivity index (χ2v) is 5.40. The molecule has 94 valence electrons. The van der Waals surface area contributed by atoms with E-state index in [1.807, 2.05) is 0 Å². The Labute approximate surface area is 106 Å². The molecule has 0 bridgehead atoms. The van der Waals surface area contributed by atoms with Gasteiger partial charge in [0.1, 0.15) is 0 Å². The van der Waals surface area contributed by atoms with Crippen LogP contribution in [-0.4, -0.2) is 12.6 Å². The van der Waals surface area contributed by atoms with Crippen LogP contribution < -0.4 is 5.32 Å². The molecular formula is C16H25N. The monoisotopic (exact) mass is 231 g/mol. The SMILES string of the molecule is CCNC(CC1CCC1)C(C)c1ccccc1. The van der Waals surface area contributed by atoms with Crippen LogP contribution in [0.3, 0.4) is 0 Å². The van der Waals surface area contributed by atoms with Crippen LogP contribution in [0.4, 0.5) is 0 Å². The summed E-state index contributed by atoms with van der Waals surface area (Å²) in [7, 11) is 0. The normalized spacial score (nSPS) is 19.6. The van der Waals surface area contributed by atoms with Gasteiger partial charge in [0.05, 0.1) is 0 Å². The van der Waals surface area contributed by atoms with Crippen molar-refractivity contribution in [1.29, 1.82) is 0 Å². The third kappa shape index (κ3) is 3.32. The lowest BCUT2D eigenvalue weighted by atomic mass is 9.77. The van der Waals surface area contributed by atoms with Crippen molar-refractivity contribution in [2.75, 3.05) is 6.54 Å². The molecule has 0 heterocycles. The smallest absolute Gasteiger partial charge is 0.0136 e. The summed E-state index contributed by atoms with van der Waals surface area (Å²) in [6.07, 6.45) is 5.69. The zero-order valence-corrected chi connectivity index (χ0v) is 11.2. The molecule has 17 heavy (non-hydrogen) atoms. The van der Waals surface area contributed by atoms with Crippen LogP contribution in [0.1, 0.15) is 51.0 Å². The predicted molar refractivity (Wildman–Crippen MR) is 74.3 cm³/mol. The third-order valence-electron chi connectivity index (χ3n) is 4.21. The Hall–Kier alpha value is -0.820. The van der Waals surface area contributed by atoms with Gasteiger partial charge >= 0.3 is 0 Å². The maximum Gasteiger partial charge on any atom is 0.0136 e. The molecular weight excluding hydrogens is 206 g/mol. The van der Waals surface area contributed by atoms with Crippen LogP contribution in [0.5, 0.6) is 0 Å². The lowest BCUT2D eigenvalue weighted by Gasteiger charge is -2.33. The van der Waals surface area contributed by atoms with Crippen LogP contribution in [0, 0.1) is 5.92 Å². The topological polar surface area (TPSA) is 12.0 Å². The van der Waals surface area contributed by atoms with Crippen molar-refractivity contribution >= 4 is 0 Å². The van der Waals surface area contributed by atoms with Gasteiger partial charge in [0.25, 0.3) is 0 Å². The Bertz CT molecular complexity index is 316. The van der Waals surface area contributed by atoms with Gasteiger partial charge in [-0.05, 0) is 30.4 Å². The van der Waals surface area contributed by atoms with Crippen molar-refractivity contribution in [1.82, 2.24) is 5.32 Å². The van der Waals surface area contributed by atoms with Gasteiger partial charge in [-0.25, -0.2) is 0 Å². The molecule has 2 rings (SSSR count). The van der Waals surface area contributed by atoms with Crippen LogP contribution in [0.25, 0.3) is 0 Å². The van der Waals surface area contributed by atoms with Crippen LogP contribution in [-0.2, 0) is 0 Å². The van der Waals surface area contributed by atoms with Crippen molar-refractivity contribution in [3.05, 3.63) is 35.9 Å². The summed E-state index contributed by atoms with van der Waals surface area (Å²) < 4.78 is 0. The van der Waals surface area contributed by atoms with E-state index >= 15 is 0 Å². The Balaban J connectivity index is 1.98. The lowest BCUT2D eigenvalue weighted by molar-refractivity contribution is 0.248. The van der Waals surface area contributed by atoms with Crippen molar-refractivity contribution in [2.24, 2.45) is 5.92 Å². The largest absolute Gasteiger partial charge is 0.314 e. The molecule has 1 fully saturated rings. The minimum Gasteiger partial charge on any atom is -0.314 e. The molecule has 1 N–H and O–H groups in total. The predicted octanol–water partition coefficient (Wildman–Crippen LogP) is 3.96. The highest BCUT2D eigenvalue weighted by Crippen LogP contribution is 2.33. The number of likely N-dealkylation sites (N-methyl/N-ethyl adjacent to an activating group) is 1. The van der Waals surface area contributed by atoms with E-state index in [2.05, 4.69) is 49.5 Å². The van der Waals surface area contributed by atoms with E-state index in [0.717, 1.165) is 12.5 Å². The minimum atomic E-state index is 0.622. The molecule has 1 aromatic rings. The molecule has 1 nitrogen and oxygen atoms in total. The van der Waals surface area contributed by atoms with Gasteiger partial charge in [-0.15, -0.1) is 0 Å². The fraction of sp³-hybridized carbons (Fsp3) is 0.625. The number of hydrogen-bond donors (Lipinski definition) is 1. The molecule has 0 saturated heterocycles. The lowest BCUT2D eigenvalue weighted by Crippen LogP contribution is -2.36. The third-order valence-corrected chi connectivity index (χ3v) is 4.21. The molecule has 2 unspecified atom stereocenters. The van der Waals surface area contributed by atoms with E-state index in [9.17, 15) is 0 Å². The average Bonchev–Trinajstić information content (AvgIpc) is 2.32. The fourth-order valence-electron chi connectivity index (χ4n) is 2.80. The maximum atomic E-state index is 3.68. The van der Waals surface area contributed by atoms with Gasteiger partial charge in [0.15, 0.2) is 0 Å². The molecule has 1 aliphatic carbocycles. The Morgan fingerprint density at radius 3 is 2.47 bits per heavy atom. The zero-order chi connectivity index (χ0) is 12.1. The van der Waals surface area contributed by atoms with Gasteiger partial charge in [-0.1, -0.05) is 63.4 Å². The summed E-state index contributed by atoms with van der Waals surface area (Å²) in [6, 6.07) is 11.6. The van der Waals surface area contributed by atoms with Crippen molar-refractivity contribution in [3.63, 3.8) is 0 Å². The Morgan fingerprint density at radius 1 is 1.24 bits per heavy atom. The first-order chi connectivity index (χ1) is 8.31. The molecule has 0 amide bonds. The Morgan fingerprint density at radius 2 is 1.94 bits per heavy atom. The first-order valence-electron chi connectivity index (χ1n) is 7.09. The molecule has 1 heteroatoms. The second kappa shape index (κ2) is 6.20. The van der Waals surface area contributed by atoms with E-state index in [0.29, 0.717) is 12.0 Å². The van der Waals surface area contributed by atoms with Crippen LogP contribution >= 0.6 is 0 Å². The highest BCUT2D eigenvalue weighted by atomic mass is 14.9. The van der Waals surface area contributed by atoms with Gasteiger partial charge < -0.3 is 5.32 Å². The molecule has 1 aromatic carbocycles. The summed E-state index contributed by atoms with van der Waals surface area (Å²) >= 11 is 0. The van der Waals surface area contributed by atoms with E-state index in [4.69, 9.17) is 0 Å². The molecule has 1 saturated carbocycles. The molecule has 0 aromatic heterocycles. The fourth-order valence-corrected chi connectivity index (χ4v) is 2.80. The van der Waals surface area contributed by atoms with Gasteiger partial charge in [0, 0.05) is 6.04 Å². The summed E-state index contributed by atoms with van der Waals surface area (Å²) in [5.41, 5.74) is 1.47. The molecule has 0 aliphatic heterocycles. The van der Waals surface area contributed by atoms with Crippen molar-refractivity contribution in [3.8, 4) is 0 Å². The summed E-state index contributed by atoms with van der Waals surface area (Å²) in [5, 5.41) is 3.68. The van der Waals surface area contributed by atoms with E-state index in [-0.39, 0.29) is 0 Å². The van der Waals surface area contributed by atoms with Crippen molar-refractivity contribution < 1.29 is 0 Å². The van der Waals surface area contributed by atoms with E-state index < -0.39 is 0 Å². The quantitative estimate of drug-likeness (QED) is 0.781. The van der Waals surface area contributed by atoms with Gasteiger partial charge in [-0.3, -0.25) is 0 Å². The van der Waals surface area contributed by atoms with Crippen molar-refractivity contribution in [2.45, 2.75) is 51.5 Å². The second-order valence-electron chi connectivity index (χ2n) is 5.40. The van der Waals surface area contributed by atoms with Crippen LogP contribution in [0.15, 0.2) is 30.3 Å². The summed E-state index contributed by atoms with van der Waals surface area (Å²) in [6.45, 7) is 5.65. The minimum absolute atomic E-state index is 0.622. The molecule has 0 radical (unpaired) electrons. The number of nitrogens with one attached hydrogen (secondary N) is 1. The summed E-state index contributed by atoms with van der Waals surface area (Å²) in [4.78, 5) is 0. The van der Waals surface area contributed by atoms with E-state index in [1.165, 1.54) is 31.2 Å². The molecule has 2 atom stereocenters. The maximum absolute atomic E-state index is 3.68.